The summed E-state index contributed by atoms with van der Waals surface area (Å²) in [5.74, 6) is -0.434. The van der Waals surface area contributed by atoms with Crippen molar-refractivity contribution in [2.24, 2.45) is 0 Å². The van der Waals surface area contributed by atoms with Gasteiger partial charge in [0.1, 0.15) is 11.5 Å². The maximum Gasteiger partial charge on any atom is 0.353 e. The van der Waals surface area contributed by atoms with Gasteiger partial charge in [-0.3, -0.25) is 0 Å². The predicted molar refractivity (Wildman–Crippen MR) is 63.4 cm³/mol. The van der Waals surface area contributed by atoms with Crippen LogP contribution in [-0.4, -0.2) is 21.0 Å². The Hall–Kier alpha value is -1.62. The van der Waals surface area contributed by atoms with Crippen molar-refractivity contribution in [2.75, 3.05) is 0 Å². The molecule has 0 atom stereocenters. The van der Waals surface area contributed by atoms with E-state index < -0.39 is 5.97 Å². The molecule has 2 N–H and O–H groups in total. The average molecular weight is 281 g/mol. The summed E-state index contributed by atoms with van der Waals surface area (Å²) in [7, 11) is 0. The van der Waals surface area contributed by atoms with E-state index in [9.17, 15) is 4.79 Å². The molecule has 0 saturated carbocycles. The number of halogens is 1. The van der Waals surface area contributed by atoms with Gasteiger partial charge in [0.2, 0.25) is 0 Å². The Kier molecular flexibility index (Phi) is 2.78. The molecule has 16 heavy (non-hydrogen) atoms. The summed E-state index contributed by atoms with van der Waals surface area (Å²) in [6.45, 7) is 1.95. The number of nitrogens with zero attached hydrogens (tertiary/aromatic N) is 1. The molecule has 4 nitrogen and oxygen atoms in total. The van der Waals surface area contributed by atoms with E-state index in [1.165, 1.54) is 6.20 Å². The van der Waals surface area contributed by atoms with Crippen molar-refractivity contribution in [1.29, 1.82) is 0 Å². The third-order valence-electron chi connectivity index (χ3n) is 2.25. The maximum atomic E-state index is 10.7. The number of carbonyl (C=O) groups is 1. The van der Waals surface area contributed by atoms with Crippen molar-refractivity contribution in [2.45, 2.75) is 6.92 Å². The zero-order valence-corrected chi connectivity index (χ0v) is 10.1. The van der Waals surface area contributed by atoms with E-state index in [4.69, 9.17) is 5.11 Å². The van der Waals surface area contributed by atoms with Crippen molar-refractivity contribution in [3.63, 3.8) is 0 Å². The minimum absolute atomic E-state index is 0.0947. The first-order valence-electron chi connectivity index (χ1n) is 4.63. The Morgan fingerprint density at radius 3 is 2.81 bits per heavy atom. The van der Waals surface area contributed by atoms with Crippen molar-refractivity contribution < 1.29 is 9.90 Å². The zero-order chi connectivity index (χ0) is 11.7. The molecular weight excluding hydrogens is 272 g/mol. The Labute approximate surface area is 100 Å². The van der Waals surface area contributed by atoms with Crippen molar-refractivity contribution in [3.05, 3.63) is 40.1 Å². The van der Waals surface area contributed by atoms with Gasteiger partial charge in [0.25, 0.3) is 0 Å². The number of aromatic carboxylic acids is 1. The van der Waals surface area contributed by atoms with Crippen LogP contribution in [0, 0.1) is 6.92 Å². The van der Waals surface area contributed by atoms with E-state index in [1.54, 1.807) is 0 Å². The van der Waals surface area contributed by atoms with Gasteiger partial charge in [0.15, 0.2) is 0 Å². The quantitative estimate of drug-likeness (QED) is 0.889. The first kappa shape index (κ1) is 10.9. The third-order valence-corrected chi connectivity index (χ3v) is 2.74. The number of benzene rings is 1. The van der Waals surface area contributed by atoms with E-state index in [-0.39, 0.29) is 5.69 Å². The Bertz CT molecular complexity index is 549. The Balaban J connectivity index is 2.46. The van der Waals surface area contributed by atoms with Crippen LogP contribution in [0.1, 0.15) is 16.1 Å². The SMILES string of the molecule is Cc1cc(Br)ccc1-c1ncc(C(=O)O)[nH]1. The van der Waals surface area contributed by atoms with Gasteiger partial charge in [0.05, 0.1) is 6.20 Å². The fraction of sp³-hybridized carbons (Fsp3) is 0.0909. The number of hydrogen-bond acceptors (Lipinski definition) is 2. The van der Waals surface area contributed by atoms with Gasteiger partial charge >= 0.3 is 5.97 Å². The van der Waals surface area contributed by atoms with Crippen molar-refractivity contribution >= 4 is 21.9 Å². The molecule has 0 radical (unpaired) electrons. The number of aromatic amines is 1. The summed E-state index contributed by atoms with van der Waals surface area (Å²) in [6.07, 6.45) is 1.32. The summed E-state index contributed by atoms with van der Waals surface area (Å²) < 4.78 is 0.985. The highest BCUT2D eigenvalue weighted by Crippen LogP contribution is 2.23. The van der Waals surface area contributed by atoms with Crippen LogP contribution < -0.4 is 0 Å². The fourth-order valence-corrected chi connectivity index (χ4v) is 1.94. The summed E-state index contributed by atoms with van der Waals surface area (Å²) in [6, 6.07) is 5.74. The molecule has 1 aromatic carbocycles. The summed E-state index contributed by atoms with van der Waals surface area (Å²) in [5, 5.41) is 8.78. The molecule has 0 unspecified atom stereocenters. The van der Waals surface area contributed by atoms with Crippen LogP contribution in [0.2, 0.25) is 0 Å². The van der Waals surface area contributed by atoms with Gasteiger partial charge in [0, 0.05) is 10.0 Å². The Morgan fingerprint density at radius 1 is 1.50 bits per heavy atom. The number of aryl methyl sites for hydroxylation is 1. The lowest BCUT2D eigenvalue weighted by Crippen LogP contribution is -1.95. The van der Waals surface area contributed by atoms with E-state index >= 15 is 0 Å². The number of nitrogens with one attached hydrogen (secondary N) is 1. The van der Waals surface area contributed by atoms with Gasteiger partial charge in [-0.1, -0.05) is 15.9 Å². The second-order valence-electron chi connectivity index (χ2n) is 3.41. The number of rotatable bonds is 2. The van der Waals surface area contributed by atoms with Crippen LogP contribution in [0.25, 0.3) is 11.4 Å². The predicted octanol–water partition coefficient (Wildman–Crippen LogP) is 2.85. The number of carboxylic acids is 1. The normalized spacial score (nSPS) is 10.4. The molecule has 0 aliphatic rings. The average Bonchev–Trinajstić information content (AvgIpc) is 2.66. The Morgan fingerprint density at radius 2 is 2.25 bits per heavy atom. The lowest BCUT2D eigenvalue weighted by atomic mass is 10.1. The number of imidazole rings is 1. The van der Waals surface area contributed by atoms with Crippen LogP contribution in [0.5, 0.6) is 0 Å². The van der Waals surface area contributed by atoms with E-state index in [1.807, 2.05) is 25.1 Å². The van der Waals surface area contributed by atoms with Crippen LogP contribution in [-0.2, 0) is 0 Å². The molecule has 82 valence electrons. The molecule has 0 bridgehead atoms. The van der Waals surface area contributed by atoms with E-state index in [0.717, 1.165) is 15.6 Å². The first-order chi connectivity index (χ1) is 7.58. The zero-order valence-electron chi connectivity index (χ0n) is 8.49. The second kappa shape index (κ2) is 4.09. The minimum atomic E-state index is -1.01. The van der Waals surface area contributed by atoms with Gasteiger partial charge in [-0.15, -0.1) is 0 Å². The summed E-state index contributed by atoms with van der Waals surface area (Å²) in [5.41, 5.74) is 2.02. The monoisotopic (exact) mass is 280 g/mol. The van der Waals surface area contributed by atoms with Gasteiger partial charge in [-0.05, 0) is 30.7 Å². The number of aromatic nitrogens is 2. The molecule has 0 spiro atoms. The van der Waals surface area contributed by atoms with Gasteiger partial charge in [-0.25, -0.2) is 9.78 Å². The molecule has 1 heterocycles. The van der Waals surface area contributed by atoms with E-state index in [0.29, 0.717) is 5.82 Å². The molecule has 5 heteroatoms. The fourth-order valence-electron chi connectivity index (χ4n) is 1.46. The number of H-pyrrole nitrogens is 1. The highest BCUT2D eigenvalue weighted by molar-refractivity contribution is 9.10. The lowest BCUT2D eigenvalue weighted by molar-refractivity contribution is 0.0691. The molecule has 0 fully saturated rings. The largest absolute Gasteiger partial charge is 0.477 e. The van der Waals surface area contributed by atoms with Gasteiger partial charge < -0.3 is 10.1 Å². The van der Waals surface area contributed by atoms with Crippen LogP contribution in [0.15, 0.2) is 28.9 Å². The lowest BCUT2D eigenvalue weighted by Gasteiger charge is -2.02. The van der Waals surface area contributed by atoms with E-state index in [2.05, 4.69) is 25.9 Å². The van der Waals surface area contributed by atoms with Gasteiger partial charge in [-0.2, -0.15) is 0 Å². The smallest absolute Gasteiger partial charge is 0.353 e. The molecule has 0 amide bonds. The standard InChI is InChI=1S/C11H9BrN2O2/c1-6-4-7(12)2-3-8(6)10-13-5-9(14-10)11(15)16/h2-5H,1H3,(H,13,14)(H,15,16). The van der Waals surface area contributed by atoms with Crippen LogP contribution >= 0.6 is 15.9 Å². The topological polar surface area (TPSA) is 66.0 Å². The van der Waals surface area contributed by atoms with Crippen molar-refractivity contribution in [1.82, 2.24) is 9.97 Å². The first-order valence-corrected chi connectivity index (χ1v) is 5.42. The number of hydrogen-bond donors (Lipinski definition) is 2. The molecule has 0 aliphatic heterocycles. The third kappa shape index (κ3) is 1.99. The summed E-state index contributed by atoms with van der Waals surface area (Å²) in [4.78, 5) is 17.5. The highest BCUT2D eigenvalue weighted by Gasteiger charge is 2.10. The molecule has 0 saturated heterocycles. The summed E-state index contributed by atoms with van der Waals surface area (Å²) >= 11 is 3.37. The molecule has 1 aromatic heterocycles. The molecule has 0 aliphatic carbocycles. The van der Waals surface area contributed by atoms with Crippen molar-refractivity contribution in [3.8, 4) is 11.4 Å². The molecular formula is C11H9BrN2O2. The number of carboxylic acid groups (broad SMARTS) is 1. The molecule has 2 rings (SSSR count). The van der Waals surface area contributed by atoms with Crippen LogP contribution in [0.3, 0.4) is 0 Å². The minimum Gasteiger partial charge on any atom is -0.477 e. The van der Waals surface area contributed by atoms with Crippen LogP contribution in [0.4, 0.5) is 0 Å². The molecule has 2 aromatic rings. The maximum absolute atomic E-state index is 10.7. The second-order valence-corrected chi connectivity index (χ2v) is 4.33. The highest BCUT2D eigenvalue weighted by atomic mass is 79.9.